The molecule has 0 aromatic carbocycles. The molecule has 0 saturated carbocycles. The van der Waals surface area contributed by atoms with E-state index in [-0.39, 0.29) is 12.8 Å². The minimum absolute atomic E-state index is 0.134. The predicted molar refractivity (Wildman–Crippen MR) is 60.4 cm³/mol. The van der Waals surface area contributed by atoms with Crippen molar-refractivity contribution in [3.8, 4) is 0 Å². The van der Waals surface area contributed by atoms with Gasteiger partial charge in [0.15, 0.2) is 6.29 Å². The molecule has 8 heteroatoms. The Labute approximate surface area is 104 Å². The van der Waals surface area contributed by atoms with Crippen LogP contribution in [0.1, 0.15) is 13.8 Å². The topological polar surface area (TPSA) is 136 Å². The lowest BCUT2D eigenvalue weighted by molar-refractivity contribution is -0.128. The van der Waals surface area contributed by atoms with Gasteiger partial charge in [0, 0.05) is 20.4 Å². The summed E-state index contributed by atoms with van der Waals surface area (Å²) in [4.78, 5) is 32.0. The molecule has 0 aliphatic heterocycles. The summed E-state index contributed by atoms with van der Waals surface area (Å²) in [6, 6.07) is -1.34. The smallest absolute Gasteiger partial charge is 0.217 e. The van der Waals surface area contributed by atoms with Gasteiger partial charge in [-0.05, 0) is 0 Å². The second kappa shape index (κ2) is 7.75. The largest absolute Gasteiger partial charge is 0.388 e. The summed E-state index contributed by atoms with van der Waals surface area (Å²) in [6.07, 6.45) is -4.55. The highest BCUT2D eigenvalue weighted by Gasteiger charge is 2.32. The molecule has 4 atom stereocenters. The number of aliphatic hydroxyl groups is 3. The van der Waals surface area contributed by atoms with Gasteiger partial charge in [0.25, 0.3) is 0 Å². The summed E-state index contributed by atoms with van der Waals surface area (Å²) in [5.74, 6) is -0.986. The van der Waals surface area contributed by atoms with Crippen molar-refractivity contribution in [1.82, 2.24) is 10.6 Å². The van der Waals surface area contributed by atoms with Gasteiger partial charge in [-0.2, -0.15) is 0 Å². The second-order valence-electron chi connectivity index (χ2n) is 3.85. The van der Waals surface area contributed by atoms with Gasteiger partial charge in [-0.15, -0.1) is 0 Å². The Hall–Kier alpha value is -1.51. The van der Waals surface area contributed by atoms with Crippen molar-refractivity contribution in [1.29, 1.82) is 0 Å². The molecular weight excluding hydrogens is 244 g/mol. The molecule has 0 aliphatic rings. The van der Waals surface area contributed by atoms with Crippen LogP contribution < -0.4 is 10.6 Å². The fourth-order valence-corrected chi connectivity index (χ4v) is 1.30. The molecule has 18 heavy (non-hydrogen) atoms. The normalized spacial score (nSPS) is 17.2. The first-order valence-corrected chi connectivity index (χ1v) is 5.30. The monoisotopic (exact) mass is 262 g/mol. The first-order chi connectivity index (χ1) is 8.29. The minimum atomic E-state index is -1.66. The average Bonchev–Trinajstić information content (AvgIpc) is 2.30. The molecule has 0 bridgehead atoms. The summed E-state index contributed by atoms with van der Waals surface area (Å²) in [5.41, 5.74) is 0. The minimum Gasteiger partial charge on any atom is -0.388 e. The van der Waals surface area contributed by atoms with Gasteiger partial charge in [-0.1, -0.05) is 0 Å². The van der Waals surface area contributed by atoms with E-state index in [2.05, 4.69) is 10.6 Å². The van der Waals surface area contributed by atoms with Gasteiger partial charge in [0.05, 0.1) is 12.1 Å². The van der Waals surface area contributed by atoms with Gasteiger partial charge in [-0.3, -0.25) is 9.59 Å². The van der Waals surface area contributed by atoms with Crippen LogP contribution in [0.4, 0.5) is 0 Å². The van der Waals surface area contributed by atoms with E-state index in [1.54, 1.807) is 0 Å². The second-order valence-corrected chi connectivity index (χ2v) is 3.85. The van der Waals surface area contributed by atoms with Crippen molar-refractivity contribution in [2.75, 3.05) is 6.54 Å². The molecule has 0 unspecified atom stereocenters. The zero-order chi connectivity index (χ0) is 14.3. The molecule has 104 valence electrons. The number of carbonyl (C=O) groups excluding carboxylic acids is 3. The van der Waals surface area contributed by atoms with Crippen molar-refractivity contribution in [3.63, 3.8) is 0 Å². The maximum Gasteiger partial charge on any atom is 0.217 e. The molecule has 0 aromatic heterocycles. The van der Waals surface area contributed by atoms with Gasteiger partial charge in [-0.25, -0.2) is 0 Å². The van der Waals surface area contributed by atoms with E-state index < -0.39 is 36.2 Å². The van der Waals surface area contributed by atoms with Crippen LogP contribution in [0.2, 0.25) is 0 Å². The van der Waals surface area contributed by atoms with E-state index in [9.17, 15) is 29.7 Å². The van der Waals surface area contributed by atoms with E-state index in [0.717, 1.165) is 6.92 Å². The zero-order valence-corrected chi connectivity index (χ0v) is 10.2. The van der Waals surface area contributed by atoms with Crippen molar-refractivity contribution in [2.45, 2.75) is 38.2 Å². The number of nitrogens with one attached hydrogen (secondary N) is 2. The Balaban J connectivity index is 4.61. The quantitative estimate of drug-likeness (QED) is 0.308. The molecule has 8 nitrogen and oxygen atoms in total. The van der Waals surface area contributed by atoms with E-state index in [1.165, 1.54) is 6.92 Å². The fourth-order valence-electron chi connectivity index (χ4n) is 1.30. The van der Waals surface area contributed by atoms with Crippen LogP contribution in [0, 0.1) is 0 Å². The van der Waals surface area contributed by atoms with E-state index in [4.69, 9.17) is 0 Å². The number of rotatable bonds is 7. The lowest BCUT2D eigenvalue weighted by Crippen LogP contribution is -2.56. The Morgan fingerprint density at radius 2 is 1.72 bits per heavy atom. The maximum absolute atomic E-state index is 10.9. The highest BCUT2D eigenvalue weighted by atomic mass is 16.3. The molecule has 0 saturated heterocycles. The van der Waals surface area contributed by atoms with Crippen LogP contribution in [0.5, 0.6) is 0 Å². The third kappa shape index (κ3) is 5.71. The number of amides is 2. The Bertz CT molecular complexity index is 309. The van der Waals surface area contributed by atoms with Gasteiger partial charge in [0.1, 0.15) is 12.2 Å². The van der Waals surface area contributed by atoms with Crippen LogP contribution in [-0.4, -0.2) is 64.3 Å². The van der Waals surface area contributed by atoms with Crippen LogP contribution in [-0.2, 0) is 14.4 Å². The van der Waals surface area contributed by atoms with Gasteiger partial charge >= 0.3 is 0 Å². The summed E-state index contributed by atoms with van der Waals surface area (Å²) >= 11 is 0. The SMILES string of the molecule is CC(=O)NC[C@@H](O)[C@H](O)[C@@H](NC(C)=O)[C@@H](O)C=O. The molecule has 0 rings (SSSR count). The Morgan fingerprint density at radius 3 is 2.11 bits per heavy atom. The molecule has 0 aliphatic carbocycles. The average molecular weight is 262 g/mol. The molecular formula is C10H18N2O6. The zero-order valence-electron chi connectivity index (χ0n) is 10.2. The van der Waals surface area contributed by atoms with Crippen LogP contribution in [0.15, 0.2) is 0 Å². The predicted octanol–water partition coefficient (Wildman–Crippen LogP) is -3.09. The summed E-state index contributed by atoms with van der Waals surface area (Å²) < 4.78 is 0. The molecule has 0 aromatic rings. The standard InChI is InChI=1S/C10H18N2O6/c1-5(14)11-3-7(16)10(18)9(8(17)4-13)12-6(2)15/h4,7-10,16-18H,3H2,1-2H3,(H,11,14)(H,12,15)/t7-,8+,9+,10+/m1/s1. The van der Waals surface area contributed by atoms with Crippen LogP contribution >= 0.6 is 0 Å². The number of aldehydes is 1. The maximum atomic E-state index is 10.9. The van der Waals surface area contributed by atoms with Crippen molar-refractivity contribution < 1.29 is 29.7 Å². The van der Waals surface area contributed by atoms with E-state index in [1.807, 2.05) is 0 Å². The van der Waals surface area contributed by atoms with Crippen molar-refractivity contribution in [3.05, 3.63) is 0 Å². The third-order valence-corrected chi connectivity index (χ3v) is 2.20. The van der Waals surface area contributed by atoms with E-state index in [0.29, 0.717) is 0 Å². The lowest BCUT2D eigenvalue weighted by atomic mass is 10.0. The number of aliphatic hydroxyl groups excluding tert-OH is 3. The Morgan fingerprint density at radius 1 is 1.17 bits per heavy atom. The highest BCUT2D eigenvalue weighted by Crippen LogP contribution is 2.04. The van der Waals surface area contributed by atoms with Gasteiger partial charge in [0.2, 0.25) is 11.8 Å². The van der Waals surface area contributed by atoms with E-state index >= 15 is 0 Å². The van der Waals surface area contributed by atoms with Crippen LogP contribution in [0.25, 0.3) is 0 Å². The molecule has 5 N–H and O–H groups in total. The fraction of sp³-hybridized carbons (Fsp3) is 0.700. The molecule has 0 heterocycles. The molecule has 0 fully saturated rings. The van der Waals surface area contributed by atoms with Crippen molar-refractivity contribution >= 4 is 18.1 Å². The molecule has 0 radical (unpaired) electrons. The summed E-state index contributed by atoms with van der Waals surface area (Å²) in [6.45, 7) is 2.10. The number of carbonyl (C=O) groups is 3. The van der Waals surface area contributed by atoms with Gasteiger partial charge < -0.3 is 30.7 Å². The Kier molecular flexibility index (Phi) is 7.10. The molecule has 0 spiro atoms. The summed E-state index contributed by atoms with van der Waals surface area (Å²) in [7, 11) is 0. The first-order valence-electron chi connectivity index (χ1n) is 5.30. The first kappa shape index (κ1) is 16.5. The lowest BCUT2D eigenvalue weighted by Gasteiger charge is -2.28. The highest BCUT2D eigenvalue weighted by molar-refractivity contribution is 5.74. The third-order valence-electron chi connectivity index (χ3n) is 2.20. The van der Waals surface area contributed by atoms with Crippen molar-refractivity contribution in [2.24, 2.45) is 0 Å². The van der Waals surface area contributed by atoms with Crippen LogP contribution in [0.3, 0.4) is 0 Å². The summed E-state index contributed by atoms with van der Waals surface area (Å²) in [5, 5.41) is 33.0. The number of hydrogen-bond acceptors (Lipinski definition) is 6. The number of hydrogen-bond donors (Lipinski definition) is 5. The molecule has 2 amide bonds.